The highest BCUT2D eigenvalue weighted by Gasteiger charge is 2.46. The van der Waals surface area contributed by atoms with Crippen molar-refractivity contribution in [3.63, 3.8) is 0 Å². The van der Waals surface area contributed by atoms with Gasteiger partial charge in [0.2, 0.25) is 0 Å². The molecule has 0 spiro atoms. The van der Waals surface area contributed by atoms with Gasteiger partial charge >= 0.3 is 6.03 Å². The third kappa shape index (κ3) is 4.68. The number of halogens is 1. The van der Waals surface area contributed by atoms with E-state index in [2.05, 4.69) is 5.32 Å². The molecule has 0 radical (unpaired) electrons. The number of aliphatic hydroxyl groups is 4. The Morgan fingerprint density at radius 1 is 1.27 bits per heavy atom. The van der Waals surface area contributed by atoms with Crippen LogP contribution in [0, 0.1) is 5.92 Å². The van der Waals surface area contributed by atoms with E-state index in [1.807, 2.05) is 13.8 Å². The molecule has 5 atom stereocenters. The van der Waals surface area contributed by atoms with Gasteiger partial charge in [-0.05, 0) is 5.92 Å². The van der Waals surface area contributed by atoms with Gasteiger partial charge in [0.05, 0.1) is 6.61 Å². The Labute approximate surface area is 134 Å². The number of urea groups is 1. The molecule has 1 heterocycles. The molecule has 1 aliphatic rings. The largest absolute Gasteiger partial charge is 0.394 e. The van der Waals surface area contributed by atoms with Crippen LogP contribution in [0.5, 0.6) is 0 Å². The lowest BCUT2D eigenvalue weighted by atomic mass is 9.97. The van der Waals surface area contributed by atoms with Gasteiger partial charge in [0.15, 0.2) is 6.23 Å². The fourth-order valence-corrected chi connectivity index (χ4v) is 2.39. The summed E-state index contributed by atoms with van der Waals surface area (Å²) in [6.07, 6.45) is -6.69. The summed E-state index contributed by atoms with van der Waals surface area (Å²) in [7, 11) is 0. The topological polar surface area (TPSA) is 122 Å². The zero-order chi connectivity index (χ0) is 16.9. The van der Waals surface area contributed by atoms with E-state index < -0.39 is 43.3 Å². The van der Waals surface area contributed by atoms with Crippen LogP contribution < -0.4 is 5.32 Å². The van der Waals surface area contributed by atoms with E-state index in [1.54, 1.807) is 0 Å². The minimum absolute atomic E-state index is 0.0779. The number of amides is 2. The minimum Gasteiger partial charge on any atom is -0.394 e. The summed E-state index contributed by atoms with van der Waals surface area (Å²) in [5.41, 5.74) is 0. The van der Waals surface area contributed by atoms with Gasteiger partial charge in [-0.3, -0.25) is 4.90 Å². The predicted molar refractivity (Wildman–Crippen MR) is 79.4 cm³/mol. The monoisotopic (exact) mass is 340 g/mol. The van der Waals surface area contributed by atoms with E-state index in [4.69, 9.17) is 16.3 Å². The standard InChI is InChI=1S/C13H25ClN2O6/c1-7(2)5-16(13(21)15-4-3-14)12-11(20)10(19)9(18)8(6-17)22-12/h7-12,17-20H,3-6H2,1-2H3,(H,15,21)/t8-,9-,10+,11-,12-/m1/s1. The van der Waals surface area contributed by atoms with E-state index >= 15 is 0 Å². The number of nitrogens with one attached hydrogen (secondary N) is 1. The zero-order valence-electron chi connectivity index (χ0n) is 12.7. The number of hydrogen-bond acceptors (Lipinski definition) is 6. The molecule has 0 aromatic heterocycles. The number of hydrogen-bond donors (Lipinski definition) is 5. The van der Waals surface area contributed by atoms with Gasteiger partial charge in [-0.2, -0.15) is 0 Å². The molecule has 9 heteroatoms. The number of ether oxygens (including phenoxy) is 1. The molecule has 1 saturated heterocycles. The average molecular weight is 341 g/mol. The number of rotatable bonds is 6. The van der Waals surface area contributed by atoms with Crippen LogP contribution in [0.25, 0.3) is 0 Å². The summed E-state index contributed by atoms with van der Waals surface area (Å²) in [4.78, 5) is 13.5. The minimum atomic E-state index is -1.52. The summed E-state index contributed by atoms with van der Waals surface area (Å²) in [6, 6.07) is -0.501. The quantitative estimate of drug-likeness (QED) is 0.383. The maximum Gasteiger partial charge on any atom is 0.319 e. The van der Waals surface area contributed by atoms with Crippen LogP contribution in [0.3, 0.4) is 0 Å². The molecule has 22 heavy (non-hydrogen) atoms. The second-order valence-corrected chi connectivity index (χ2v) is 6.06. The molecular weight excluding hydrogens is 316 g/mol. The first kappa shape index (κ1) is 19.4. The van der Waals surface area contributed by atoms with Crippen LogP contribution in [0.1, 0.15) is 13.8 Å². The van der Waals surface area contributed by atoms with Gasteiger partial charge in [-0.1, -0.05) is 13.8 Å². The van der Waals surface area contributed by atoms with Crippen molar-refractivity contribution in [2.24, 2.45) is 5.92 Å². The summed E-state index contributed by atoms with van der Waals surface area (Å²) >= 11 is 5.54. The highest BCUT2D eigenvalue weighted by Crippen LogP contribution is 2.24. The number of carbonyl (C=O) groups is 1. The molecule has 0 unspecified atom stereocenters. The van der Waals surface area contributed by atoms with Crippen LogP contribution >= 0.6 is 11.6 Å². The molecule has 0 aliphatic carbocycles. The first-order chi connectivity index (χ1) is 10.3. The molecule has 130 valence electrons. The Balaban J connectivity index is 2.93. The first-order valence-corrected chi connectivity index (χ1v) is 7.77. The van der Waals surface area contributed by atoms with Crippen molar-refractivity contribution >= 4 is 17.6 Å². The molecule has 0 saturated carbocycles. The number of aliphatic hydroxyl groups excluding tert-OH is 4. The lowest BCUT2D eigenvalue weighted by Crippen LogP contribution is -2.65. The fraction of sp³-hybridized carbons (Fsp3) is 0.923. The molecule has 1 aliphatic heterocycles. The zero-order valence-corrected chi connectivity index (χ0v) is 13.5. The highest BCUT2D eigenvalue weighted by molar-refractivity contribution is 6.18. The van der Waals surface area contributed by atoms with Crippen molar-refractivity contribution in [1.29, 1.82) is 0 Å². The SMILES string of the molecule is CC(C)CN(C(=O)NCCCl)[C@@H]1O[C@H](CO)[C@@H](O)[C@H](O)[C@H]1O. The second-order valence-electron chi connectivity index (χ2n) is 5.69. The van der Waals surface area contributed by atoms with Gasteiger partial charge in [-0.25, -0.2) is 4.79 Å². The number of alkyl halides is 1. The van der Waals surface area contributed by atoms with E-state index in [0.29, 0.717) is 0 Å². The Morgan fingerprint density at radius 2 is 1.91 bits per heavy atom. The predicted octanol–water partition coefficient (Wildman–Crippen LogP) is -1.31. The smallest absolute Gasteiger partial charge is 0.319 e. The average Bonchev–Trinajstić information content (AvgIpc) is 2.48. The first-order valence-electron chi connectivity index (χ1n) is 7.24. The van der Waals surface area contributed by atoms with Gasteiger partial charge < -0.3 is 30.5 Å². The van der Waals surface area contributed by atoms with Crippen LogP contribution in [0.2, 0.25) is 0 Å². The lowest BCUT2D eigenvalue weighted by Gasteiger charge is -2.44. The van der Waals surface area contributed by atoms with Crippen LogP contribution in [-0.2, 0) is 4.74 Å². The maximum atomic E-state index is 12.2. The molecule has 1 fully saturated rings. The Morgan fingerprint density at radius 3 is 2.41 bits per heavy atom. The van der Waals surface area contributed by atoms with Gasteiger partial charge in [0, 0.05) is 19.0 Å². The molecule has 0 bridgehead atoms. The van der Waals surface area contributed by atoms with Crippen molar-refractivity contribution < 1.29 is 30.0 Å². The van der Waals surface area contributed by atoms with Crippen LogP contribution in [0.15, 0.2) is 0 Å². The van der Waals surface area contributed by atoms with Gasteiger partial charge in [0.25, 0.3) is 0 Å². The van der Waals surface area contributed by atoms with Gasteiger partial charge in [-0.15, -0.1) is 11.6 Å². The van der Waals surface area contributed by atoms with E-state index in [-0.39, 0.29) is 24.9 Å². The molecular formula is C13H25ClN2O6. The third-order valence-corrected chi connectivity index (χ3v) is 3.56. The Kier molecular flexibility index (Phi) is 7.81. The Hall–Kier alpha value is -0.640. The summed E-state index contributed by atoms with van der Waals surface area (Å²) in [5, 5.41) is 41.5. The number of nitrogens with zero attached hydrogens (tertiary/aromatic N) is 1. The molecule has 2 amide bonds. The molecule has 5 N–H and O–H groups in total. The number of carbonyl (C=O) groups excluding carboxylic acids is 1. The van der Waals surface area contributed by atoms with Crippen LogP contribution in [-0.4, -0.2) is 87.6 Å². The highest BCUT2D eigenvalue weighted by atomic mass is 35.5. The molecule has 0 aromatic carbocycles. The van der Waals surface area contributed by atoms with E-state index in [0.717, 1.165) is 0 Å². The normalized spacial score (nSPS) is 32.1. The van der Waals surface area contributed by atoms with Crippen LogP contribution in [0.4, 0.5) is 4.79 Å². The van der Waals surface area contributed by atoms with Crippen molar-refractivity contribution in [3.8, 4) is 0 Å². The maximum absolute atomic E-state index is 12.2. The molecule has 8 nitrogen and oxygen atoms in total. The van der Waals surface area contributed by atoms with E-state index in [9.17, 15) is 25.2 Å². The second kappa shape index (κ2) is 8.85. The Bertz CT molecular complexity index is 357. The third-order valence-electron chi connectivity index (χ3n) is 3.37. The summed E-state index contributed by atoms with van der Waals surface area (Å²) in [6.45, 7) is 3.72. The van der Waals surface area contributed by atoms with Crippen molar-refractivity contribution in [2.45, 2.75) is 44.5 Å². The summed E-state index contributed by atoms with van der Waals surface area (Å²) in [5.74, 6) is 0.310. The van der Waals surface area contributed by atoms with Crippen molar-refractivity contribution in [3.05, 3.63) is 0 Å². The molecule has 0 aromatic rings. The lowest BCUT2D eigenvalue weighted by molar-refractivity contribution is -0.258. The molecule has 1 rings (SSSR count). The van der Waals surface area contributed by atoms with Crippen molar-refractivity contribution in [1.82, 2.24) is 10.2 Å². The van der Waals surface area contributed by atoms with E-state index in [1.165, 1.54) is 4.90 Å². The van der Waals surface area contributed by atoms with Gasteiger partial charge in [0.1, 0.15) is 24.4 Å². The summed E-state index contributed by atoms with van der Waals surface area (Å²) < 4.78 is 5.42. The fourth-order valence-electron chi connectivity index (χ4n) is 2.29. The van der Waals surface area contributed by atoms with Crippen molar-refractivity contribution in [2.75, 3.05) is 25.6 Å².